The summed E-state index contributed by atoms with van der Waals surface area (Å²) in [5.74, 6) is 1.02. The highest BCUT2D eigenvalue weighted by atomic mass is 15.0. The molecule has 1 aliphatic rings. The molecule has 2 rings (SSSR count). The zero-order valence-corrected chi connectivity index (χ0v) is 8.59. The van der Waals surface area contributed by atoms with Gasteiger partial charge in [0.15, 0.2) is 0 Å². The molecule has 14 heavy (non-hydrogen) atoms. The first-order valence-corrected chi connectivity index (χ1v) is 5.32. The summed E-state index contributed by atoms with van der Waals surface area (Å²) in [7, 11) is 0. The van der Waals surface area contributed by atoms with Crippen LogP contribution in [0.1, 0.15) is 31.6 Å². The first-order chi connectivity index (χ1) is 6.86. The van der Waals surface area contributed by atoms with Gasteiger partial charge >= 0.3 is 0 Å². The van der Waals surface area contributed by atoms with Crippen molar-refractivity contribution in [3.8, 4) is 0 Å². The standard InChI is InChI=1S/C10H18N4/c1-8(10-12-5-6-13-10)14-7-9-3-2-4-11-9/h5-6,8-9,11,14H,2-4,7H2,1H3,(H,12,13). The van der Waals surface area contributed by atoms with Gasteiger partial charge in [0.05, 0.1) is 6.04 Å². The Labute approximate surface area is 84.5 Å². The Balaban J connectivity index is 1.74. The summed E-state index contributed by atoms with van der Waals surface area (Å²) in [6, 6.07) is 0.958. The lowest BCUT2D eigenvalue weighted by Gasteiger charge is -2.15. The van der Waals surface area contributed by atoms with E-state index < -0.39 is 0 Å². The molecule has 1 aromatic rings. The van der Waals surface area contributed by atoms with Gasteiger partial charge in [0.25, 0.3) is 0 Å². The molecule has 0 radical (unpaired) electrons. The molecular formula is C10H18N4. The van der Waals surface area contributed by atoms with Gasteiger partial charge in [-0.2, -0.15) is 0 Å². The van der Waals surface area contributed by atoms with Crippen LogP contribution < -0.4 is 10.6 Å². The molecule has 4 nitrogen and oxygen atoms in total. The Morgan fingerprint density at radius 2 is 2.64 bits per heavy atom. The van der Waals surface area contributed by atoms with E-state index in [1.807, 2.05) is 6.20 Å². The molecule has 0 saturated carbocycles. The topological polar surface area (TPSA) is 52.7 Å². The monoisotopic (exact) mass is 194 g/mol. The highest BCUT2D eigenvalue weighted by Crippen LogP contribution is 2.08. The number of hydrogen-bond acceptors (Lipinski definition) is 3. The van der Waals surface area contributed by atoms with E-state index in [1.165, 1.54) is 19.4 Å². The van der Waals surface area contributed by atoms with Crippen molar-refractivity contribution in [1.29, 1.82) is 0 Å². The fourth-order valence-corrected chi connectivity index (χ4v) is 1.86. The van der Waals surface area contributed by atoms with Gasteiger partial charge in [0.2, 0.25) is 0 Å². The number of rotatable bonds is 4. The zero-order chi connectivity index (χ0) is 9.80. The van der Waals surface area contributed by atoms with Crippen molar-refractivity contribution in [2.24, 2.45) is 0 Å². The molecule has 1 fully saturated rings. The Morgan fingerprint density at radius 1 is 1.71 bits per heavy atom. The molecule has 3 N–H and O–H groups in total. The van der Waals surface area contributed by atoms with E-state index >= 15 is 0 Å². The minimum Gasteiger partial charge on any atom is -0.347 e. The van der Waals surface area contributed by atoms with Crippen LogP contribution in [0.25, 0.3) is 0 Å². The Morgan fingerprint density at radius 3 is 3.29 bits per heavy atom. The molecule has 1 aromatic heterocycles. The Hall–Kier alpha value is -0.870. The first-order valence-electron chi connectivity index (χ1n) is 5.32. The van der Waals surface area contributed by atoms with Crippen LogP contribution in [0.5, 0.6) is 0 Å². The number of aromatic amines is 1. The summed E-state index contributed by atoms with van der Waals surface area (Å²) < 4.78 is 0. The van der Waals surface area contributed by atoms with Crippen LogP contribution in [-0.4, -0.2) is 29.1 Å². The fraction of sp³-hybridized carbons (Fsp3) is 0.700. The van der Waals surface area contributed by atoms with Crippen molar-refractivity contribution in [3.05, 3.63) is 18.2 Å². The zero-order valence-electron chi connectivity index (χ0n) is 8.59. The quantitative estimate of drug-likeness (QED) is 0.665. The summed E-state index contributed by atoms with van der Waals surface area (Å²) in [5, 5.41) is 6.93. The molecule has 0 amide bonds. The molecule has 1 saturated heterocycles. The second-order valence-electron chi connectivity index (χ2n) is 3.90. The number of H-pyrrole nitrogens is 1. The third-order valence-corrected chi connectivity index (χ3v) is 2.76. The third kappa shape index (κ3) is 2.33. The van der Waals surface area contributed by atoms with E-state index in [0.29, 0.717) is 12.1 Å². The Kier molecular flexibility index (Phi) is 3.16. The van der Waals surface area contributed by atoms with Gasteiger partial charge < -0.3 is 15.6 Å². The maximum absolute atomic E-state index is 4.22. The van der Waals surface area contributed by atoms with Crippen LogP contribution in [0.2, 0.25) is 0 Å². The summed E-state index contributed by atoms with van der Waals surface area (Å²) in [4.78, 5) is 7.34. The van der Waals surface area contributed by atoms with Crippen molar-refractivity contribution >= 4 is 0 Å². The second-order valence-corrected chi connectivity index (χ2v) is 3.90. The molecular weight excluding hydrogens is 176 g/mol. The molecule has 4 heteroatoms. The number of imidazole rings is 1. The summed E-state index contributed by atoms with van der Waals surface area (Å²) >= 11 is 0. The van der Waals surface area contributed by atoms with Gasteiger partial charge in [-0.15, -0.1) is 0 Å². The lowest BCUT2D eigenvalue weighted by molar-refractivity contribution is 0.479. The molecule has 0 bridgehead atoms. The number of aromatic nitrogens is 2. The molecule has 2 atom stereocenters. The molecule has 2 heterocycles. The van der Waals surface area contributed by atoms with E-state index in [1.54, 1.807) is 6.20 Å². The maximum atomic E-state index is 4.22. The van der Waals surface area contributed by atoms with Crippen molar-refractivity contribution in [2.45, 2.75) is 31.8 Å². The van der Waals surface area contributed by atoms with Crippen molar-refractivity contribution in [2.75, 3.05) is 13.1 Å². The average molecular weight is 194 g/mol. The van der Waals surface area contributed by atoms with Crippen LogP contribution >= 0.6 is 0 Å². The van der Waals surface area contributed by atoms with Gasteiger partial charge in [0, 0.05) is 25.0 Å². The van der Waals surface area contributed by atoms with Crippen molar-refractivity contribution in [1.82, 2.24) is 20.6 Å². The van der Waals surface area contributed by atoms with E-state index in [-0.39, 0.29) is 0 Å². The molecule has 0 aliphatic carbocycles. The highest BCUT2D eigenvalue weighted by Gasteiger charge is 2.15. The lowest BCUT2D eigenvalue weighted by atomic mass is 10.2. The normalized spacial score (nSPS) is 23.9. The summed E-state index contributed by atoms with van der Waals surface area (Å²) in [6.45, 7) is 4.33. The SMILES string of the molecule is CC(NCC1CCCN1)c1ncc[nH]1. The Bertz CT molecular complexity index is 251. The summed E-state index contributed by atoms with van der Waals surface area (Å²) in [5.41, 5.74) is 0. The highest BCUT2D eigenvalue weighted by molar-refractivity contribution is 4.94. The number of nitrogens with zero attached hydrogens (tertiary/aromatic N) is 1. The molecule has 0 aromatic carbocycles. The smallest absolute Gasteiger partial charge is 0.122 e. The fourth-order valence-electron chi connectivity index (χ4n) is 1.86. The van der Waals surface area contributed by atoms with E-state index in [0.717, 1.165) is 12.4 Å². The largest absolute Gasteiger partial charge is 0.347 e. The predicted molar refractivity (Wildman–Crippen MR) is 56.0 cm³/mol. The van der Waals surface area contributed by atoms with Gasteiger partial charge in [-0.05, 0) is 26.3 Å². The van der Waals surface area contributed by atoms with Crippen LogP contribution in [0.4, 0.5) is 0 Å². The van der Waals surface area contributed by atoms with Crippen LogP contribution in [-0.2, 0) is 0 Å². The second kappa shape index (κ2) is 4.57. The van der Waals surface area contributed by atoms with Gasteiger partial charge in [0.1, 0.15) is 5.82 Å². The van der Waals surface area contributed by atoms with Gasteiger partial charge in [-0.1, -0.05) is 0 Å². The van der Waals surface area contributed by atoms with Crippen molar-refractivity contribution in [3.63, 3.8) is 0 Å². The molecule has 2 unspecified atom stereocenters. The predicted octanol–water partition coefficient (Wildman–Crippen LogP) is 0.812. The average Bonchev–Trinajstić information content (AvgIpc) is 2.87. The molecule has 78 valence electrons. The van der Waals surface area contributed by atoms with Crippen LogP contribution in [0.3, 0.4) is 0 Å². The molecule has 0 spiro atoms. The van der Waals surface area contributed by atoms with E-state index in [2.05, 4.69) is 27.5 Å². The van der Waals surface area contributed by atoms with E-state index in [9.17, 15) is 0 Å². The maximum Gasteiger partial charge on any atom is 0.122 e. The van der Waals surface area contributed by atoms with Crippen molar-refractivity contribution < 1.29 is 0 Å². The van der Waals surface area contributed by atoms with Gasteiger partial charge in [-0.3, -0.25) is 0 Å². The minimum absolute atomic E-state index is 0.312. The van der Waals surface area contributed by atoms with Gasteiger partial charge in [-0.25, -0.2) is 4.98 Å². The molecule has 1 aliphatic heterocycles. The first kappa shape index (κ1) is 9.68. The minimum atomic E-state index is 0.312. The number of hydrogen-bond donors (Lipinski definition) is 3. The third-order valence-electron chi connectivity index (χ3n) is 2.76. The lowest BCUT2D eigenvalue weighted by Crippen LogP contribution is -2.35. The number of nitrogens with one attached hydrogen (secondary N) is 3. The van der Waals surface area contributed by atoms with Crippen LogP contribution in [0, 0.1) is 0 Å². The summed E-state index contributed by atoms with van der Waals surface area (Å²) in [6.07, 6.45) is 6.25. The van der Waals surface area contributed by atoms with Crippen LogP contribution in [0.15, 0.2) is 12.4 Å². The van der Waals surface area contributed by atoms with E-state index in [4.69, 9.17) is 0 Å².